The van der Waals surface area contributed by atoms with E-state index in [1.165, 1.54) is 12.5 Å². The number of amides is 2. The molecule has 1 fully saturated rings. The van der Waals surface area contributed by atoms with Crippen molar-refractivity contribution in [1.82, 2.24) is 10.2 Å². The smallest absolute Gasteiger partial charge is 0.255 e. The molecule has 1 aliphatic rings. The van der Waals surface area contributed by atoms with E-state index in [2.05, 4.69) is 12.2 Å². The van der Waals surface area contributed by atoms with Gasteiger partial charge in [0.1, 0.15) is 23.8 Å². The zero-order chi connectivity index (χ0) is 18.0. The molecule has 6 heteroatoms. The molecule has 0 saturated carbocycles. The zero-order valence-corrected chi connectivity index (χ0v) is 14.8. The quantitative estimate of drug-likeness (QED) is 0.923. The van der Waals surface area contributed by atoms with Gasteiger partial charge in [0, 0.05) is 6.54 Å². The summed E-state index contributed by atoms with van der Waals surface area (Å²) in [5, 5.41) is 2.75. The van der Waals surface area contributed by atoms with Crippen LogP contribution < -0.4 is 5.32 Å². The fourth-order valence-corrected chi connectivity index (χ4v) is 3.29. The molecular weight excluding hydrogens is 320 g/mol. The highest BCUT2D eigenvalue weighted by molar-refractivity contribution is 5.97. The summed E-state index contributed by atoms with van der Waals surface area (Å²) in [7, 11) is 0. The van der Waals surface area contributed by atoms with Gasteiger partial charge in [0.15, 0.2) is 0 Å². The summed E-state index contributed by atoms with van der Waals surface area (Å²) in [5.74, 6) is 1.76. The first-order valence-electron chi connectivity index (χ1n) is 8.65. The Bertz CT molecular complexity index is 734. The molecule has 2 amide bonds. The molecule has 0 unspecified atom stereocenters. The molecule has 3 heterocycles. The van der Waals surface area contributed by atoms with Gasteiger partial charge in [0.05, 0.1) is 17.9 Å². The van der Waals surface area contributed by atoms with Crippen molar-refractivity contribution in [2.75, 3.05) is 6.54 Å². The second-order valence-corrected chi connectivity index (χ2v) is 6.83. The number of nitrogens with zero attached hydrogens (tertiary/aromatic N) is 1. The molecule has 6 nitrogen and oxygen atoms in total. The number of nitrogens with one attached hydrogen (secondary N) is 1. The number of likely N-dealkylation sites (tertiary alicyclic amines) is 1. The number of carbonyl (C=O) groups excluding carboxylic acids is 2. The van der Waals surface area contributed by atoms with Gasteiger partial charge < -0.3 is 19.1 Å². The minimum absolute atomic E-state index is 0.0850. The molecule has 3 rings (SSSR count). The topological polar surface area (TPSA) is 75.7 Å². The highest BCUT2D eigenvalue weighted by atomic mass is 16.3. The number of rotatable bonds is 4. The van der Waals surface area contributed by atoms with Crippen molar-refractivity contribution in [3.05, 3.63) is 47.8 Å². The zero-order valence-electron chi connectivity index (χ0n) is 14.8. The maximum Gasteiger partial charge on any atom is 0.255 e. The first-order valence-corrected chi connectivity index (χ1v) is 8.65. The molecule has 1 aliphatic heterocycles. The average molecular weight is 344 g/mol. The van der Waals surface area contributed by atoms with Crippen LogP contribution >= 0.6 is 0 Å². The lowest BCUT2D eigenvalue weighted by atomic mass is 9.90. The molecule has 1 N–H and O–H groups in total. The van der Waals surface area contributed by atoms with Gasteiger partial charge in [-0.25, -0.2) is 0 Å². The molecule has 0 aromatic carbocycles. The van der Waals surface area contributed by atoms with E-state index in [4.69, 9.17) is 8.83 Å². The van der Waals surface area contributed by atoms with Gasteiger partial charge in [0.2, 0.25) is 5.91 Å². The van der Waals surface area contributed by atoms with E-state index in [-0.39, 0.29) is 17.9 Å². The fraction of sp³-hybridized carbons (Fsp3) is 0.474. The third kappa shape index (κ3) is 3.78. The number of piperidine rings is 1. The van der Waals surface area contributed by atoms with Crippen molar-refractivity contribution in [2.24, 2.45) is 5.92 Å². The van der Waals surface area contributed by atoms with E-state index in [9.17, 15) is 9.59 Å². The predicted molar refractivity (Wildman–Crippen MR) is 91.9 cm³/mol. The third-order valence-corrected chi connectivity index (χ3v) is 4.74. The number of hydrogen-bond acceptors (Lipinski definition) is 4. The van der Waals surface area contributed by atoms with Crippen LogP contribution in [-0.2, 0) is 4.79 Å². The first kappa shape index (κ1) is 17.3. The Morgan fingerprint density at radius 1 is 1.32 bits per heavy atom. The fourth-order valence-electron chi connectivity index (χ4n) is 3.29. The van der Waals surface area contributed by atoms with Gasteiger partial charge in [-0.05, 0) is 50.8 Å². The minimum Gasteiger partial charge on any atom is -0.472 e. The van der Waals surface area contributed by atoms with Crippen LogP contribution in [0.1, 0.15) is 54.6 Å². The summed E-state index contributed by atoms with van der Waals surface area (Å²) in [6, 6.07) is 4.73. The van der Waals surface area contributed by atoms with Gasteiger partial charge >= 0.3 is 0 Å². The molecule has 0 radical (unpaired) electrons. The van der Waals surface area contributed by atoms with Crippen molar-refractivity contribution >= 4 is 11.8 Å². The van der Waals surface area contributed by atoms with Crippen molar-refractivity contribution in [3.63, 3.8) is 0 Å². The SMILES string of the molecule is Cc1ccc([C@@H]2C[C@H](C)CCN2C(=O)[C@@H](C)NC(=O)c2ccoc2)o1. The predicted octanol–water partition coefficient (Wildman–Crippen LogP) is 3.30. The Labute approximate surface area is 147 Å². The third-order valence-electron chi connectivity index (χ3n) is 4.74. The molecule has 25 heavy (non-hydrogen) atoms. The summed E-state index contributed by atoms with van der Waals surface area (Å²) in [6.07, 6.45) is 4.61. The van der Waals surface area contributed by atoms with Crippen LogP contribution in [0, 0.1) is 12.8 Å². The molecule has 3 atom stereocenters. The molecule has 2 aromatic rings. The van der Waals surface area contributed by atoms with Gasteiger partial charge in [-0.2, -0.15) is 0 Å². The van der Waals surface area contributed by atoms with E-state index in [0.717, 1.165) is 24.4 Å². The molecule has 1 saturated heterocycles. The summed E-state index contributed by atoms with van der Waals surface area (Å²) >= 11 is 0. The minimum atomic E-state index is -0.616. The Morgan fingerprint density at radius 2 is 2.12 bits per heavy atom. The van der Waals surface area contributed by atoms with Gasteiger partial charge in [-0.1, -0.05) is 6.92 Å². The van der Waals surface area contributed by atoms with Gasteiger partial charge in [0.25, 0.3) is 5.91 Å². The molecular formula is C19H24N2O4. The van der Waals surface area contributed by atoms with Crippen molar-refractivity contribution in [3.8, 4) is 0 Å². The molecule has 0 aliphatic carbocycles. The van der Waals surface area contributed by atoms with E-state index in [1.54, 1.807) is 13.0 Å². The second-order valence-electron chi connectivity index (χ2n) is 6.83. The Hall–Kier alpha value is -2.50. The second kappa shape index (κ2) is 7.17. The van der Waals surface area contributed by atoms with Gasteiger partial charge in [-0.15, -0.1) is 0 Å². The lowest BCUT2D eigenvalue weighted by Gasteiger charge is -2.38. The largest absolute Gasteiger partial charge is 0.472 e. The summed E-state index contributed by atoms with van der Waals surface area (Å²) < 4.78 is 10.7. The summed E-state index contributed by atoms with van der Waals surface area (Å²) in [4.78, 5) is 26.9. The van der Waals surface area contributed by atoms with Crippen LogP contribution in [0.5, 0.6) is 0 Å². The van der Waals surface area contributed by atoms with Crippen LogP contribution in [-0.4, -0.2) is 29.3 Å². The number of hydrogen-bond donors (Lipinski definition) is 1. The van der Waals surface area contributed by atoms with Crippen molar-refractivity contribution < 1.29 is 18.4 Å². The molecule has 0 spiro atoms. The Kier molecular flexibility index (Phi) is 4.97. The normalized spacial score (nSPS) is 21.8. The van der Waals surface area contributed by atoms with Crippen molar-refractivity contribution in [2.45, 2.75) is 45.7 Å². The van der Waals surface area contributed by atoms with Crippen LogP contribution in [0.4, 0.5) is 0 Å². The van der Waals surface area contributed by atoms with E-state index < -0.39 is 6.04 Å². The molecule has 2 aromatic heterocycles. The van der Waals surface area contributed by atoms with E-state index in [0.29, 0.717) is 18.0 Å². The lowest BCUT2D eigenvalue weighted by molar-refractivity contribution is -0.138. The lowest BCUT2D eigenvalue weighted by Crippen LogP contribution is -2.50. The van der Waals surface area contributed by atoms with Crippen LogP contribution in [0.15, 0.2) is 39.6 Å². The van der Waals surface area contributed by atoms with Crippen LogP contribution in [0.3, 0.4) is 0 Å². The monoisotopic (exact) mass is 344 g/mol. The summed E-state index contributed by atoms with van der Waals surface area (Å²) in [6.45, 7) is 6.46. The van der Waals surface area contributed by atoms with Crippen LogP contribution in [0.2, 0.25) is 0 Å². The number of carbonyl (C=O) groups is 2. The molecule has 134 valence electrons. The molecule has 0 bridgehead atoms. The Balaban J connectivity index is 1.73. The van der Waals surface area contributed by atoms with Crippen LogP contribution in [0.25, 0.3) is 0 Å². The van der Waals surface area contributed by atoms with E-state index >= 15 is 0 Å². The average Bonchev–Trinajstić information content (AvgIpc) is 3.25. The maximum absolute atomic E-state index is 12.9. The number of furan rings is 2. The standard InChI is InChI=1S/C19H24N2O4/c1-12-6-8-21(16(10-12)17-5-4-13(2)25-17)19(23)14(3)20-18(22)15-7-9-24-11-15/h4-5,7,9,11-12,14,16H,6,8,10H2,1-3H3,(H,20,22)/t12-,14-,16+/m1/s1. The number of aryl methyl sites for hydroxylation is 1. The van der Waals surface area contributed by atoms with Crippen molar-refractivity contribution in [1.29, 1.82) is 0 Å². The highest BCUT2D eigenvalue weighted by Crippen LogP contribution is 2.35. The maximum atomic E-state index is 12.9. The highest BCUT2D eigenvalue weighted by Gasteiger charge is 2.35. The first-order chi connectivity index (χ1) is 12.0. The van der Waals surface area contributed by atoms with E-state index in [1.807, 2.05) is 24.0 Å². The Morgan fingerprint density at radius 3 is 2.76 bits per heavy atom. The van der Waals surface area contributed by atoms with Gasteiger partial charge in [-0.3, -0.25) is 9.59 Å². The summed E-state index contributed by atoms with van der Waals surface area (Å²) in [5.41, 5.74) is 0.408.